The highest BCUT2D eigenvalue weighted by Gasteiger charge is 2.25. The maximum Gasteiger partial charge on any atom is 0.274 e. The van der Waals surface area contributed by atoms with Crippen LogP contribution in [0.25, 0.3) is 10.8 Å². The van der Waals surface area contributed by atoms with Gasteiger partial charge in [0.05, 0.1) is 22.4 Å². The molecule has 32 heavy (non-hydrogen) atoms. The van der Waals surface area contributed by atoms with Gasteiger partial charge in [0.2, 0.25) is 15.9 Å². The Morgan fingerprint density at radius 1 is 0.969 bits per heavy atom. The second-order valence-corrected chi connectivity index (χ2v) is 9.93. The van der Waals surface area contributed by atoms with Crippen molar-refractivity contribution in [1.82, 2.24) is 14.1 Å². The monoisotopic (exact) mass is 454 g/mol. The summed E-state index contributed by atoms with van der Waals surface area (Å²) in [5.41, 5.74) is 0.783. The standard InChI is InChI=1S/C23H26N4O4S/c1-26-23(29)20-9-5-4-8-19(20)21(25-26)16-22(28)24-17-10-12-18(13-11-17)32(30,31)27-14-6-2-3-7-15-27/h4-5,8-13H,2-3,6-7,14-16H2,1H3,(H,24,28). The highest BCUT2D eigenvalue weighted by atomic mass is 32.2. The van der Waals surface area contributed by atoms with E-state index in [1.54, 1.807) is 47.8 Å². The summed E-state index contributed by atoms with van der Waals surface area (Å²) in [4.78, 5) is 25.1. The summed E-state index contributed by atoms with van der Waals surface area (Å²) >= 11 is 0. The average Bonchev–Trinajstić information content (AvgIpc) is 3.08. The van der Waals surface area contributed by atoms with Crippen molar-refractivity contribution in [3.63, 3.8) is 0 Å². The Morgan fingerprint density at radius 3 is 2.25 bits per heavy atom. The van der Waals surface area contributed by atoms with Crippen molar-refractivity contribution in [3.05, 3.63) is 64.6 Å². The Balaban J connectivity index is 1.49. The Morgan fingerprint density at radius 2 is 1.59 bits per heavy atom. The van der Waals surface area contributed by atoms with Crippen LogP contribution in [0.2, 0.25) is 0 Å². The molecule has 9 heteroatoms. The Bertz CT molecular complexity index is 1290. The lowest BCUT2D eigenvalue weighted by Crippen LogP contribution is -2.31. The van der Waals surface area contributed by atoms with Crippen LogP contribution in [0.5, 0.6) is 0 Å². The SMILES string of the molecule is Cn1nc(CC(=O)Nc2ccc(S(=O)(=O)N3CCCCCC3)cc2)c2ccccc2c1=O. The number of hydrogen-bond acceptors (Lipinski definition) is 5. The highest BCUT2D eigenvalue weighted by molar-refractivity contribution is 7.89. The predicted octanol–water partition coefficient (Wildman–Crippen LogP) is 2.68. The molecule has 4 rings (SSSR count). The quantitative estimate of drug-likeness (QED) is 0.639. The summed E-state index contributed by atoms with van der Waals surface area (Å²) < 4.78 is 28.6. The largest absolute Gasteiger partial charge is 0.326 e. The van der Waals surface area contributed by atoms with Crippen LogP contribution in [-0.2, 0) is 28.3 Å². The molecule has 0 atom stereocenters. The average molecular weight is 455 g/mol. The summed E-state index contributed by atoms with van der Waals surface area (Å²) in [6, 6.07) is 13.3. The second kappa shape index (κ2) is 9.22. The van der Waals surface area contributed by atoms with E-state index >= 15 is 0 Å². The molecule has 2 aromatic carbocycles. The van der Waals surface area contributed by atoms with Crippen LogP contribution in [0.4, 0.5) is 5.69 Å². The van der Waals surface area contributed by atoms with Gasteiger partial charge in [0.1, 0.15) is 0 Å². The molecule has 0 saturated carbocycles. The van der Waals surface area contributed by atoms with Gasteiger partial charge in [-0.15, -0.1) is 0 Å². The third-order valence-corrected chi connectivity index (χ3v) is 7.61. The fourth-order valence-electron chi connectivity index (χ4n) is 4.01. The molecule has 0 spiro atoms. The Kier molecular flexibility index (Phi) is 6.38. The summed E-state index contributed by atoms with van der Waals surface area (Å²) in [5, 5.41) is 8.18. The molecule has 1 amide bonds. The molecule has 1 aromatic heterocycles. The first-order valence-corrected chi connectivity index (χ1v) is 12.2. The zero-order valence-electron chi connectivity index (χ0n) is 18.0. The van der Waals surface area contributed by atoms with E-state index in [2.05, 4.69) is 10.4 Å². The van der Waals surface area contributed by atoms with Crippen molar-refractivity contribution in [1.29, 1.82) is 0 Å². The van der Waals surface area contributed by atoms with E-state index in [0.717, 1.165) is 25.7 Å². The van der Waals surface area contributed by atoms with Crippen LogP contribution in [0.3, 0.4) is 0 Å². The molecule has 0 radical (unpaired) electrons. The molecule has 1 aliphatic rings. The van der Waals surface area contributed by atoms with Crippen LogP contribution in [0, 0.1) is 0 Å². The van der Waals surface area contributed by atoms with Crippen LogP contribution in [-0.4, -0.2) is 41.5 Å². The number of anilines is 1. The van der Waals surface area contributed by atoms with E-state index in [-0.39, 0.29) is 22.8 Å². The molecule has 0 aliphatic carbocycles. The van der Waals surface area contributed by atoms with Crippen LogP contribution < -0.4 is 10.9 Å². The van der Waals surface area contributed by atoms with E-state index < -0.39 is 10.0 Å². The maximum atomic E-state index is 12.9. The number of hydrogen-bond donors (Lipinski definition) is 1. The molecule has 168 valence electrons. The lowest BCUT2D eigenvalue weighted by molar-refractivity contribution is -0.115. The minimum atomic E-state index is -3.53. The topological polar surface area (TPSA) is 101 Å². The third kappa shape index (κ3) is 4.58. The van der Waals surface area contributed by atoms with E-state index in [1.807, 2.05) is 0 Å². The number of benzene rings is 2. The fourth-order valence-corrected chi connectivity index (χ4v) is 5.52. The van der Waals surface area contributed by atoms with Gasteiger partial charge in [-0.2, -0.15) is 9.40 Å². The molecule has 1 fully saturated rings. The lowest BCUT2D eigenvalue weighted by Gasteiger charge is -2.20. The number of carbonyl (C=O) groups is 1. The van der Waals surface area contributed by atoms with E-state index in [1.165, 1.54) is 16.8 Å². The van der Waals surface area contributed by atoms with Crippen molar-refractivity contribution in [3.8, 4) is 0 Å². The van der Waals surface area contributed by atoms with Gasteiger partial charge in [0.15, 0.2) is 0 Å². The van der Waals surface area contributed by atoms with Gasteiger partial charge >= 0.3 is 0 Å². The minimum absolute atomic E-state index is 0.0114. The molecular weight excluding hydrogens is 428 g/mol. The number of aryl methyl sites for hydroxylation is 1. The van der Waals surface area contributed by atoms with E-state index in [9.17, 15) is 18.0 Å². The zero-order chi connectivity index (χ0) is 22.7. The lowest BCUT2D eigenvalue weighted by atomic mass is 10.1. The van der Waals surface area contributed by atoms with Crippen LogP contribution in [0.15, 0.2) is 58.2 Å². The molecule has 1 N–H and O–H groups in total. The smallest absolute Gasteiger partial charge is 0.274 e. The third-order valence-electron chi connectivity index (χ3n) is 5.70. The van der Waals surface area contributed by atoms with Gasteiger partial charge in [-0.3, -0.25) is 9.59 Å². The Labute approximate surface area is 186 Å². The highest BCUT2D eigenvalue weighted by Crippen LogP contribution is 2.22. The molecule has 8 nitrogen and oxygen atoms in total. The summed E-state index contributed by atoms with van der Waals surface area (Å²) in [5.74, 6) is -0.301. The first-order valence-electron chi connectivity index (χ1n) is 10.7. The van der Waals surface area contributed by atoms with Gasteiger partial charge in [-0.1, -0.05) is 31.0 Å². The van der Waals surface area contributed by atoms with Gasteiger partial charge < -0.3 is 5.32 Å². The second-order valence-electron chi connectivity index (χ2n) is 7.99. The molecule has 0 unspecified atom stereocenters. The van der Waals surface area contributed by atoms with Gasteiger partial charge in [0, 0.05) is 31.2 Å². The summed E-state index contributed by atoms with van der Waals surface area (Å²) in [6.07, 6.45) is 3.85. The normalized spacial score (nSPS) is 15.4. The number of rotatable bonds is 5. The van der Waals surface area contributed by atoms with Gasteiger partial charge in [0.25, 0.3) is 5.56 Å². The van der Waals surface area contributed by atoms with Crippen molar-refractivity contribution in [2.45, 2.75) is 37.0 Å². The van der Waals surface area contributed by atoms with E-state index in [0.29, 0.717) is 35.2 Å². The van der Waals surface area contributed by atoms with E-state index in [4.69, 9.17) is 0 Å². The summed E-state index contributed by atoms with van der Waals surface area (Å²) in [6.45, 7) is 1.09. The van der Waals surface area contributed by atoms with Crippen molar-refractivity contribution in [2.24, 2.45) is 7.05 Å². The molecule has 1 aliphatic heterocycles. The number of fused-ring (bicyclic) bond motifs is 1. The van der Waals surface area contributed by atoms with Crippen molar-refractivity contribution >= 4 is 32.4 Å². The van der Waals surface area contributed by atoms with Crippen molar-refractivity contribution < 1.29 is 13.2 Å². The number of nitrogens with zero attached hydrogens (tertiary/aromatic N) is 3. The number of sulfonamides is 1. The molecule has 2 heterocycles. The predicted molar refractivity (Wildman–Crippen MR) is 123 cm³/mol. The van der Waals surface area contributed by atoms with Crippen molar-refractivity contribution in [2.75, 3.05) is 18.4 Å². The fraction of sp³-hybridized carbons (Fsp3) is 0.348. The first kappa shape index (κ1) is 22.2. The maximum absolute atomic E-state index is 12.9. The van der Waals surface area contributed by atoms with Crippen LogP contribution >= 0.6 is 0 Å². The molecular formula is C23H26N4O4S. The minimum Gasteiger partial charge on any atom is -0.326 e. The summed E-state index contributed by atoms with van der Waals surface area (Å²) in [7, 11) is -1.98. The van der Waals surface area contributed by atoms with Crippen LogP contribution in [0.1, 0.15) is 31.4 Å². The Hall–Kier alpha value is -3.04. The molecule has 3 aromatic rings. The molecule has 0 bridgehead atoms. The first-order chi connectivity index (χ1) is 15.4. The number of carbonyl (C=O) groups excluding carboxylic acids is 1. The zero-order valence-corrected chi connectivity index (χ0v) is 18.8. The van der Waals surface area contributed by atoms with Gasteiger partial charge in [-0.25, -0.2) is 13.1 Å². The van der Waals surface area contributed by atoms with Gasteiger partial charge in [-0.05, 0) is 43.2 Å². The number of nitrogens with one attached hydrogen (secondary N) is 1. The number of amides is 1. The number of aromatic nitrogens is 2. The molecule has 1 saturated heterocycles.